The average Bonchev–Trinajstić information content (AvgIpc) is 2.78. The van der Waals surface area contributed by atoms with E-state index in [1.807, 2.05) is 0 Å². The van der Waals surface area contributed by atoms with Gasteiger partial charge in [-0.3, -0.25) is 0 Å². The van der Waals surface area contributed by atoms with Gasteiger partial charge in [0.25, 0.3) is 0 Å². The fourth-order valence-electron chi connectivity index (χ4n) is 6.82. The van der Waals surface area contributed by atoms with Gasteiger partial charge in [0, 0.05) is 5.41 Å². The van der Waals surface area contributed by atoms with Crippen LogP contribution in [0, 0.1) is 28.6 Å². The third-order valence-corrected chi connectivity index (χ3v) is 8.01. The molecule has 124 valence electrons. The van der Waals surface area contributed by atoms with E-state index >= 15 is 0 Å². The van der Waals surface area contributed by atoms with Crippen LogP contribution in [0.1, 0.15) is 58.3 Å². The molecule has 3 N–H and O–H groups in total. The van der Waals surface area contributed by atoms with E-state index in [2.05, 4.69) is 13.0 Å². The Hall–Kier alpha value is -0.380. The third kappa shape index (κ3) is 1.79. The van der Waals surface area contributed by atoms with Gasteiger partial charge in [-0.05, 0) is 74.5 Å². The Morgan fingerprint density at radius 1 is 1.18 bits per heavy atom. The van der Waals surface area contributed by atoms with Crippen LogP contribution < -0.4 is 0 Å². The van der Waals surface area contributed by atoms with Crippen LogP contribution >= 0.6 is 0 Å². The Morgan fingerprint density at radius 2 is 2.00 bits per heavy atom. The van der Waals surface area contributed by atoms with Crippen LogP contribution in [0.3, 0.4) is 0 Å². The number of aliphatic hydroxyl groups excluding tert-OH is 3. The van der Waals surface area contributed by atoms with Crippen molar-refractivity contribution in [3.05, 3.63) is 11.6 Å². The van der Waals surface area contributed by atoms with Gasteiger partial charge in [-0.15, -0.1) is 0 Å². The van der Waals surface area contributed by atoms with Crippen LogP contribution in [-0.4, -0.2) is 34.1 Å². The second kappa shape index (κ2) is 5.06. The molecule has 4 aliphatic carbocycles. The van der Waals surface area contributed by atoms with Crippen LogP contribution in [0.2, 0.25) is 0 Å². The minimum Gasteiger partial charge on any atom is -0.395 e. The van der Waals surface area contributed by atoms with Crippen molar-refractivity contribution in [2.24, 2.45) is 28.6 Å². The highest BCUT2D eigenvalue weighted by atomic mass is 16.3. The number of aliphatic hydroxyl groups is 3. The van der Waals surface area contributed by atoms with Crippen molar-refractivity contribution in [1.29, 1.82) is 0 Å². The summed E-state index contributed by atoms with van der Waals surface area (Å²) in [6, 6.07) is 0. The first-order valence-corrected chi connectivity index (χ1v) is 9.19. The molecule has 0 radical (unpaired) electrons. The Bertz CT molecular complexity index is 487. The molecule has 3 heteroatoms. The van der Waals surface area contributed by atoms with Crippen LogP contribution in [0.5, 0.6) is 0 Å². The summed E-state index contributed by atoms with van der Waals surface area (Å²) in [6.45, 7) is 2.47. The number of allylic oxidation sites excluding steroid dienone is 1. The lowest BCUT2D eigenvalue weighted by molar-refractivity contribution is -0.0968. The van der Waals surface area contributed by atoms with Crippen molar-refractivity contribution in [3.63, 3.8) is 0 Å². The Kier molecular flexibility index (Phi) is 3.49. The molecule has 0 bridgehead atoms. The Labute approximate surface area is 133 Å². The summed E-state index contributed by atoms with van der Waals surface area (Å²) in [5, 5.41) is 31.0. The van der Waals surface area contributed by atoms with E-state index in [1.54, 1.807) is 0 Å². The van der Waals surface area contributed by atoms with Crippen molar-refractivity contribution >= 4 is 0 Å². The van der Waals surface area contributed by atoms with Gasteiger partial charge in [-0.2, -0.15) is 0 Å². The van der Waals surface area contributed by atoms with Crippen molar-refractivity contribution in [3.8, 4) is 0 Å². The van der Waals surface area contributed by atoms with Crippen molar-refractivity contribution in [2.75, 3.05) is 6.61 Å². The Balaban J connectivity index is 1.70. The van der Waals surface area contributed by atoms with E-state index in [-0.39, 0.29) is 17.4 Å². The summed E-state index contributed by atoms with van der Waals surface area (Å²) in [4.78, 5) is 0. The van der Waals surface area contributed by atoms with E-state index < -0.39 is 12.2 Å². The Morgan fingerprint density at radius 3 is 2.77 bits per heavy atom. The van der Waals surface area contributed by atoms with Gasteiger partial charge in [0.05, 0.1) is 18.8 Å². The number of rotatable bonds is 1. The summed E-state index contributed by atoms with van der Waals surface area (Å²) in [5.41, 5.74) is 1.42. The standard InChI is InChI=1S/C19H30O3/c1-18-9-7-14-13(15(18)10-16(21)17(18)22)6-5-12-4-2-3-8-19(12,14)11-20/h4,13-17,20-22H,2-3,5-11H2,1H3/t13-,14+,15+,16-,17+,18+,19-/m1/s1. The lowest BCUT2D eigenvalue weighted by Crippen LogP contribution is -2.53. The molecule has 7 atom stereocenters. The van der Waals surface area contributed by atoms with Gasteiger partial charge >= 0.3 is 0 Å². The van der Waals surface area contributed by atoms with E-state index in [1.165, 1.54) is 24.8 Å². The van der Waals surface area contributed by atoms with E-state index in [0.29, 0.717) is 17.8 Å². The molecule has 3 nitrogen and oxygen atoms in total. The van der Waals surface area contributed by atoms with Gasteiger partial charge in [0.15, 0.2) is 0 Å². The molecule has 0 aromatic rings. The van der Waals surface area contributed by atoms with Crippen LogP contribution in [0.15, 0.2) is 11.6 Å². The first kappa shape index (κ1) is 15.2. The van der Waals surface area contributed by atoms with Gasteiger partial charge in [0.1, 0.15) is 0 Å². The fraction of sp³-hybridized carbons (Fsp3) is 0.895. The van der Waals surface area contributed by atoms with Crippen molar-refractivity contribution < 1.29 is 15.3 Å². The largest absolute Gasteiger partial charge is 0.395 e. The monoisotopic (exact) mass is 306 g/mol. The van der Waals surface area contributed by atoms with Crippen LogP contribution in [-0.2, 0) is 0 Å². The molecular weight excluding hydrogens is 276 g/mol. The molecule has 0 aromatic carbocycles. The van der Waals surface area contributed by atoms with Gasteiger partial charge in [0.2, 0.25) is 0 Å². The molecule has 4 aliphatic rings. The molecule has 0 saturated heterocycles. The lowest BCUT2D eigenvalue weighted by atomic mass is 9.47. The molecule has 3 fully saturated rings. The normalized spacial score (nSPS) is 54.2. The second-order valence-electron chi connectivity index (χ2n) is 8.64. The number of fused-ring (bicyclic) bond motifs is 5. The van der Waals surface area contributed by atoms with Gasteiger partial charge in [-0.1, -0.05) is 18.6 Å². The van der Waals surface area contributed by atoms with Gasteiger partial charge in [-0.25, -0.2) is 0 Å². The highest BCUT2D eigenvalue weighted by Crippen LogP contribution is 2.65. The summed E-state index contributed by atoms with van der Waals surface area (Å²) in [5.74, 6) is 1.53. The third-order valence-electron chi connectivity index (χ3n) is 8.01. The highest BCUT2D eigenvalue weighted by Gasteiger charge is 2.61. The summed E-state index contributed by atoms with van der Waals surface area (Å²) < 4.78 is 0. The molecule has 0 aliphatic heterocycles. The number of hydrogen-bond acceptors (Lipinski definition) is 3. The minimum atomic E-state index is -0.563. The predicted octanol–water partition coefficient (Wildman–Crippen LogP) is 2.64. The van der Waals surface area contributed by atoms with Crippen LogP contribution in [0.4, 0.5) is 0 Å². The molecule has 22 heavy (non-hydrogen) atoms. The van der Waals surface area contributed by atoms with Gasteiger partial charge < -0.3 is 15.3 Å². The predicted molar refractivity (Wildman–Crippen MR) is 85.1 cm³/mol. The topological polar surface area (TPSA) is 60.7 Å². The average molecular weight is 306 g/mol. The maximum absolute atomic E-state index is 10.5. The quantitative estimate of drug-likeness (QED) is 0.653. The summed E-state index contributed by atoms with van der Waals surface area (Å²) in [6.07, 6.45) is 9.91. The zero-order valence-electron chi connectivity index (χ0n) is 13.7. The molecule has 3 saturated carbocycles. The molecule has 0 amide bonds. The van der Waals surface area contributed by atoms with Crippen molar-refractivity contribution in [1.82, 2.24) is 0 Å². The van der Waals surface area contributed by atoms with E-state index in [4.69, 9.17) is 0 Å². The minimum absolute atomic E-state index is 0.0149. The zero-order chi connectivity index (χ0) is 15.5. The molecule has 0 heterocycles. The second-order valence-corrected chi connectivity index (χ2v) is 8.64. The zero-order valence-corrected chi connectivity index (χ0v) is 13.7. The summed E-state index contributed by atoms with van der Waals surface area (Å²) in [7, 11) is 0. The first-order valence-electron chi connectivity index (χ1n) is 9.19. The highest BCUT2D eigenvalue weighted by molar-refractivity contribution is 5.25. The fourth-order valence-corrected chi connectivity index (χ4v) is 6.82. The maximum Gasteiger partial charge on any atom is 0.0855 e. The van der Waals surface area contributed by atoms with Crippen LogP contribution in [0.25, 0.3) is 0 Å². The molecule has 0 unspecified atom stereocenters. The van der Waals surface area contributed by atoms with Crippen molar-refractivity contribution in [2.45, 2.75) is 70.5 Å². The first-order chi connectivity index (χ1) is 10.5. The molecule has 4 rings (SSSR count). The molecular formula is C19H30O3. The molecule has 0 aromatic heterocycles. The van der Waals surface area contributed by atoms with E-state index in [9.17, 15) is 15.3 Å². The molecule has 0 spiro atoms. The smallest absolute Gasteiger partial charge is 0.0855 e. The number of hydrogen-bond donors (Lipinski definition) is 3. The SMILES string of the molecule is C[C@]12CC[C@H]3[C@@H](CCC4=CCCC[C@@]43CO)[C@@H]1C[C@@H](O)[C@@H]2O. The lowest BCUT2D eigenvalue weighted by Gasteiger charge is -2.58. The summed E-state index contributed by atoms with van der Waals surface area (Å²) >= 11 is 0. The maximum atomic E-state index is 10.5. The van der Waals surface area contributed by atoms with E-state index in [0.717, 1.165) is 32.1 Å².